The van der Waals surface area contributed by atoms with E-state index in [9.17, 15) is 8.78 Å². The summed E-state index contributed by atoms with van der Waals surface area (Å²) in [5.41, 5.74) is 8.96. The lowest BCUT2D eigenvalue weighted by Crippen LogP contribution is -2.05. The second-order valence-corrected chi connectivity index (χ2v) is 3.87. The van der Waals surface area contributed by atoms with Crippen molar-refractivity contribution in [3.05, 3.63) is 36.4 Å². The summed E-state index contributed by atoms with van der Waals surface area (Å²) in [6, 6.07) is 2.91. The predicted molar refractivity (Wildman–Crippen MR) is 66.9 cm³/mol. The molecule has 2 nitrogen and oxygen atoms in total. The van der Waals surface area contributed by atoms with E-state index in [1.54, 1.807) is 13.8 Å². The molecular formula is C13H15F2NO. The van der Waals surface area contributed by atoms with Gasteiger partial charge >= 0.3 is 6.61 Å². The molecule has 0 atom stereocenters. The molecular weight excluding hydrogens is 224 g/mol. The highest BCUT2D eigenvalue weighted by molar-refractivity contribution is 5.83. The smallest absolute Gasteiger partial charge is 0.387 e. The molecule has 0 aliphatic rings. The number of allylic oxidation sites excluding steroid dienone is 2. The van der Waals surface area contributed by atoms with E-state index < -0.39 is 6.61 Å². The number of alkyl halides is 2. The fraction of sp³-hybridized carbons (Fsp3) is 0.231. The third-order valence-corrected chi connectivity index (χ3v) is 2.30. The number of benzene rings is 1. The van der Waals surface area contributed by atoms with Crippen molar-refractivity contribution in [2.24, 2.45) is 0 Å². The molecule has 0 heterocycles. The third kappa shape index (κ3) is 3.06. The number of halogens is 2. The van der Waals surface area contributed by atoms with Gasteiger partial charge in [-0.1, -0.05) is 13.2 Å². The van der Waals surface area contributed by atoms with Crippen LogP contribution in [0.15, 0.2) is 25.3 Å². The van der Waals surface area contributed by atoms with Gasteiger partial charge in [-0.15, -0.1) is 0 Å². The van der Waals surface area contributed by atoms with Gasteiger partial charge in [-0.3, -0.25) is 0 Å². The molecule has 1 aromatic rings. The van der Waals surface area contributed by atoms with Crippen LogP contribution in [0.2, 0.25) is 0 Å². The predicted octanol–water partition coefficient (Wildman–Crippen LogP) is 3.94. The summed E-state index contributed by atoms with van der Waals surface area (Å²) in [6.07, 6.45) is 0. The summed E-state index contributed by atoms with van der Waals surface area (Å²) in [5.74, 6) is 0.0604. The Labute approximate surface area is 99.4 Å². The van der Waals surface area contributed by atoms with E-state index in [0.717, 1.165) is 0 Å². The minimum absolute atomic E-state index is 0.0604. The maximum absolute atomic E-state index is 12.2. The van der Waals surface area contributed by atoms with Crippen molar-refractivity contribution in [3.8, 4) is 5.75 Å². The fourth-order valence-electron chi connectivity index (χ4n) is 1.50. The Morgan fingerprint density at radius 3 is 1.88 bits per heavy atom. The monoisotopic (exact) mass is 239 g/mol. The van der Waals surface area contributed by atoms with Crippen molar-refractivity contribution in [2.75, 3.05) is 5.73 Å². The van der Waals surface area contributed by atoms with E-state index in [1.165, 1.54) is 12.1 Å². The van der Waals surface area contributed by atoms with Crippen LogP contribution in [0.4, 0.5) is 14.5 Å². The Kier molecular flexibility index (Phi) is 3.89. The Balaban J connectivity index is 3.36. The molecule has 1 aromatic carbocycles. The Bertz CT molecular complexity index is 431. The summed E-state index contributed by atoms with van der Waals surface area (Å²) in [4.78, 5) is 0. The maximum Gasteiger partial charge on any atom is 0.387 e. The molecule has 2 N–H and O–H groups in total. The average molecular weight is 239 g/mol. The Morgan fingerprint density at radius 1 is 1.18 bits per heavy atom. The highest BCUT2D eigenvalue weighted by atomic mass is 19.3. The van der Waals surface area contributed by atoms with Crippen molar-refractivity contribution >= 4 is 16.8 Å². The first-order valence-corrected chi connectivity index (χ1v) is 5.03. The summed E-state index contributed by atoms with van der Waals surface area (Å²) in [7, 11) is 0. The zero-order valence-electron chi connectivity index (χ0n) is 9.89. The number of hydrogen-bond donors (Lipinski definition) is 1. The first kappa shape index (κ1) is 13.2. The van der Waals surface area contributed by atoms with Gasteiger partial charge in [-0.25, -0.2) is 0 Å². The van der Waals surface area contributed by atoms with E-state index in [-0.39, 0.29) is 5.75 Å². The summed E-state index contributed by atoms with van der Waals surface area (Å²) < 4.78 is 28.8. The van der Waals surface area contributed by atoms with Crippen molar-refractivity contribution in [1.82, 2.24) is 0 Å². The van der Waals surface area contributed by atoms with Crippen LogP contribution in [-0.2, 0) is 0 Å². The summed E-state index contributed by atoms with van der Waals surface area (Å²) in [6.45, 7) is 8.14. The number of rotatable bonds is 4. The summed E-state index contributed by atoms with van der Waals surface area (Å²) >= 11 is 0. The molecule has 0 spiro atoms. The fourth-order valence-corrected chi connectivity index (χ4v) is 1.50. The van der Waals surface area contributed by atoms with E-state index in [0.29, 0.717) is 28.0 Å². The molecule has 0 unspecified atom stereocenters. The average Bonchev–Trinajstić information content (AvgIpc) is 2.18. The van der Waals surface area contributed by atoms with Crippen molar-refractivity contribution < 1.29 is 13.5 Å². The topological polar surface area (TPSA) is 35.2 Å². The van der Waals surface area contributed by atoms with Gasteiger partial charge in [-0.05, 0) is 37.1 Å². The van der Waals surface area contributed by atoms with Gasteiger partial charge in [0.2, 0.25) is 0 Å². The molecule has 4 heteroatoms. The second kappa shape index (κ2) is 4.99. The molecule has 0 saturated carbocycles. The molecule has 0 aliphatic carbocycles. The first-order chi connectivity index (χ1) is 7.82. The van der Waals surface area contributed by atoms with Crippen LogP contribution in [0.3, 0.4) is 0 Å². The van der Waals surface area contributed by atoms with Crippen LogP contribution in [0.5, 0.6) is 5.75 Å². The SMILES string of the molecule is C=C(C)c1cc(OC(F)F)cc(C(=C)C)c1N. The number of anilines is 1. The lowest BCUT2D eigenvalue weighted by atomic mass is 9.98. The standard InChI is InChI=1S/C13H15F2NO/c1-7(2)10-5-9(17-13(14)15)6-11(8(3)4)12(10)16/h5-6,13H,1,3,16H2,2,4H3. The van der Waals surface area contributed by atoms with Crippen LogP contribution >= 0.6 is 0 Å². The molecule has 0 amide bonds. The van der Waals surface area contributed by atoms with Crippen molar-refractivity contribution in [1.29, 1.82) is 0 Å². The third-order valence-electron chi connectivity index (χ3n) is 2.30. The Morgan fingerprint density at radius 2 is 1.59 bits per heavy atom. The van der Waals surface area contributed by atoms with Gasteiger partial charge in [0.1, 0.15) is 5.75 Å². The summed E-state index contributed by atoms with van der Waals surface area (Å²) in [5, 5.41) is 0. The van der Waals surface area contributed by atoms with E-state index in [1.807, 2.05) is 0 Å². The minimum Gasteiger partial charge on any atom is -0.435 e. The zero-order valence-corrected chi connectivity index (χ0v) is 9.89. The van der Waals surface area contributed by atoms with Crippen LogP contribution in [0.1, 0.15) is 25.0 Å². The molecule has 0 saturated heterocycles. The van der Waals surface area contributed by atoms with Crippen LogP contribution in [0, 0.1) is 0 Å². The Hall–Kier alpha value is -1.84. The number of nitrogens with two attached hydrogens (primary N) is 1. The molecule has 0 aliphatic heterocycles. The van der Waals surface area contributed by atoms with E-state index >= 15 is 0 Å². The van der Waals surface area contributed by atoms with Crippen molar-refractivity contribution in [2.45, 2.75) is 20.5 Å². The van der Waals surface area contributed by atoms with Crippen LogP contribution in [0.25, 0.3) is 11.1 Å². The quantitative estimate of drug-likeness (QED) is 0.808. The van der Waals surface area contributed by atoms with Gasteiger partial charge < -0.3 is 10.5 Å². The maximum atomic E-state index is 12.2. The largest absolute Gasteiger partial charge is 0.435 e. The molecule has 0 fully saturated rings. The lowest BCUT2D eigenvalue weighted by molar-refractivity contribution is -0.0498. The molecule has 92 valence electrons. The molecule has 0 radical (unpaired) electrons. The normalized spacial score (nSPS) is 10.4. The second-order valence-electron chi connectivity index (χ2n) is 3.87. The first-order valence-electron chi connectivity index (χ1n) is 5.03. The van der Waals surface area contributed by atoms with Gasteiger partial charge in [0.05, 0.1) is 0 Å². The van der Waals surface area contributed by atoms with E-state index in [2.05, 4.69) is 17.9 Å². The van der Waals surface area contributed by atoms with Crippen LogP contribution in [-0.4, -0.2) is 6.61 Å². The zero-order chi connectivity index (χ0) is 13.2. The number of ether oxygens (including phenoxy) is 1. The van der Waals surface area contributed by atoms with Crippen LogP contribution < -0.4 is 10.5 Å². The lowest BCUT2D eigenvalue weighted by Gasteiger charge is -2.14. The highest BCUT2D eigenvalue weighted by Crippen LogP contribution is 2.33. The van der Waals surface area contributed by atoms with E-state index in [4.69, 9.17) is 5.73 Å². The molecule has 1 rings (SSSR count). The number of nitrogen functional groups attached to an aromatic ring is 1. The number of hydrogen-bond acceptors (Lipinski definition) is 2. The highest BCUT2D eigenvalue weighted by Gasteiger charge is 2.12. The van der Waals surface area contributed by atoms with Gasteiger partial charge in [-0.2, -0.15) is 8.78 Å². The van der Waals surface area contributed by atoms with Crippen molar-refractivity contribution in [3.63, 3.8) is 0 Å². The van der Waals surface area contributed by atoms with Gasteiger partial charge in [0.25, 0.3) is 0 Å². The molecule has 17 heavy (non-hydrogen) atoms. The molecule has 0 bridgehead atoms. The molecule has 0 aromatic heterocycles. The minimum atomic E-state index is -2.87. The van der Waals surface area contributed by atoms with Gasteiger partial charge in [0, 0.05) is 16.8 Å². The van der Waals surface area contributed by atoms with Gasteiger partial charge in [0.15, 0.2) is 0 Å².